The highest BCUT2D eigenvalue weighted by molar-refractivity contribution is 14.0. The smallest absolute Gasteiger partial charge is 0.194 e. The highest BCUT2D eigenvalue weighted by Gasteiger charge is 2.33. The van der Waals surface area contributed by atoms with Gasteiger partial charge in [-0.3, -0.25) is 0 Å². The number of fused-ring (bicyclic) bond motifs is 1. The standard InChI is InChI=1S/C20H30N6OS.HI/c1-15-23-24-19(25(15)2)13-22-20(21-9-7-17-6-4-12-28-17)26-10-8-18-16(14-26)5-3-11-27-18;/h4,6,12,16,18H,3,5,7-11,13-14H2,1-2H3,(H,21,22);1H. The maximum Gasteiger partial charge on any atom is 0.194 e. The number of thiophene rings is 1. The lowest BCUT2D eigenvalue weighted by Crippen LogP contribution is -2.52. The number of aromatic nitrogens is 3. The fraction of sp³-hybridized carbons (Fsp3) is 0.650. The first kappa shape index (κ1) is 22.5. The number of hydrogen-bond acceptors (Lipinski definition) is 5. The van der Waals surface area contributed by atoms with Crippen LogP contribution < -0.4 is 5.32 Å². The van der Waals surface area contributed by atoms with Crippen LogP contribution in [0.2, 0.25) is 0 Å². The van der Waals surface area contributed by atoms with Crippen molar-refractivity contribution in [3.05, 3.63) is 34.0 Å². The van der Waals surface area contributed by atoms with E-state index in [2.05, 4.69) is 37.9 Å². The largest absolute Gasteiger partial charge is 0.378 e. The summed E-state index contributed by atoms with van der Waals surface area (Å²) in [6.07, 6.45) is 4.96. The van der Waals surface area contributed by atoms with Crippen molar-refractivity contribution in [2.45, 2.75) is 45.3 Å². The zero-order valence-corrected chi connectivity index (χ0v) is 20.4. The Morgan fingerprint density at radius 3 is 3.03 bits per heavy atom. The third-order valence-electron chi connectivity index (χ3n) is 5.80. The van der Waals surface area contributed by atoms with E-state index in [1.165, 1.54) is 17.7 Å². The lowest BCUT2D eigenvalue weighted by atomic mass is 9.88. The number of aliphatic imine (C=N–C) groups is 1. The van der Waals surface area contributed by atoms with E-state index in [9.17, 15) is 0 Å². The van der Waals surface area contributed by atoms with Crippen molar-refractivity contribution in [1.82, 2.24) is 25.0 Å². The van der Waals surface area contributed by atoms with Crippen LogP contribution in [0.15, 0.2) is 22.5 Å². The highest BCUT2D eigenvalue weighted by atomic mass is 127. The number of rotatable bonds is 5. The number of piperidine rings is 1. The van der Waals surface area contributed by atoms with Crippen molar-refractivity contribution in [3.8, 4) is 0 Å². The Morgan fingerprint density at radius 1 is 1.38 bits per heavy atom. The molecule has 2 aromatic rings. The maximum absolute atomic E-state index is 5.98. The van der Waals surface area contributed by atoms with Gasteiger partial charge in [0, 0.05) is 44.1 Å². The van der Waals surface area contributed by atoms with Gasteiger partial charge in [-0.25, -0.2) is 4.99 Å². The molecule has 0 aromatic carbocycles. The van der Waals surface area contributed by atoms with Crippen molar-refractivity contribution >= 4 is 41.3 Å². The van der Waals surface area contributed by atoms with E-state index in [4.69, 9.17) is 9.73 Å². The number of guanidine groups is 1. The molecule has 2 unspecified atom stereocenters. The molecule has 160 valence electrons. The zero-order chi connectivity index (χ0) is 19.3. The topological polar surface area (TPSA) is 67.6 Å². The summed E-state index contributed by atoms with van der Waals surface area (Å²) in [5.74, 6) is 3.41. The average Bonchev–Trinajstić information content (AvgIpc) is 3.35. The molecule has 0 amide bonds. The highest BCUT2D eigenvalue weighted by Crippen LogP contribution is 2.28. The minimum Gasteiger partial charge on any atom is -0.378 e. The second-order valence-electron chi connectivity index (χ2n) is 7.66. The van der Waals surface area contributed by atoms with Crippen LogP contribution in [0.25, 0.3) is 0 Å². The summed E-state index contributed by atoms with van der Waals surface area (Å²) in [6, 6.07) is 4.30. The SMILES string of the molecule is Cc1nnc(CN=C(NCCc2cccs2)N2CCC3OCCCC3C2)n1C.I. The number of hydrogen-bond donors (Lipinski definition) is 1. The lowest BCUT2D eigenvalue weighted by molar-refractivity contribution is -0.0559. The van der Waals surface area contributed by atoms with Gasteiger partial charge in [-0.2, -0.15) is 0 Å². The number of halogens is 1. The van der Waals surface area contributed by atoms with E-state index >= 15 is 0 Å². The summed E-state index contributed by atoms with van der Waals surface area (Å²) < 4.78 is 7.99. The molecule has 2 saturated heterocycles. The Bertz CT molecular complexity index is 793. The van der Waals surface area contributed by atoms with Crippen LogP contribution in [0.1, 0.15) is 35.8 Å². The Morgan fingerprint density at radius 2 is 2.28 bits per heavy atom. The molecule has 2 aliphatic rings. The van der Waals surface area contributed by atoms with E-state index in [1.54, 1.807) is 0 Å². The predicted octanol–water partition coefficient (Wildman–Crippen LogP) is 2.99. The number of nitrogens with zero attached hydrogens (tertiary/aromatic N) is 5. The molecular formula is C20H31IN6OS. The fourth-order valence-electron chi connectivity index (χ4n) is 4.03. The monoisotopic (exact) mass is 530 g/mol. The maximum atomic E-state index is 5.98. The van der Waals surface area contributed by atoms with Crippen LogP contribution in [0.5, 0.6) is 0 Å². The summed E-state index contributed by atoms with van der Waals surface area (Å²) in [4.78, 5) is 8.73. The Labute approximate surface area is 194 Å². The fourth-order valence-corrected chi connectivity index (χ4v) is 4.74. The summed E-state index contributed by atoms with van der Waals surface area (Å²) in [6.45, 7) is 6.33. The van der Waals surface area contributed by atoms with Gasteiger partial charge in [0.25, 0.3) is 0 Å². The summed E-state index contributed by atoms with van der Waals surface area (Å²) in [5, 5.41) is 14.1. The van der Waals surface area contributed by atoms with E-state index < -0.39 is 0 Å². The minimum atomic E-state index is 0. The first-order chi connectivity index (χ1) is 13.7. The Hall–Kier alpha value is -1.20. The minimum absolute atomic E-state index is 0. The Kier molecular flexibility index (Phi) is 8.31. The van der Waals surface area contributed by atoms with Gasteiger partial charge >= 0.3 is 0 Å². The lowest BCUT2D eigenvalue weighted by Gasteiger charge is -2.42. The van der Waals surface area contributed by atoms with E-state index in [1.807, 2.05) is 29.9 Å². The van der Waals surface area contributed by atoms with Crippen molar-refractivity contribution < 1.29 is 4.74 Å². The molecule has 4 heterocycles. The van der Waals surface area contributed by atoms with Gasteiger partial charge in [0.1, 0.15) is 12.4 Å². The van der Waals surface area contributed by atoms with Crippen molar-refractivity contribution in [2.75, 3.05) is 26.2 Å². The van der Waals surface area contributed by atoms with Crippen LogP contribution in [0.3, 0.4) is 0 Å². The summed E-state index contributed by atoms with van der Waals surface area (Å²) >= 11 is 1.81. The van der Waals surface area contributed by atoms with Crippen LogP contribution in [-0.2, 0) is 24.8 Å². The number of aryl methyl sites for hydroxylation is 1. The second-order valence-corrected chi connectivity index (χ2v) is 8.70. The van der Waals surface area contributed by atoms with Crippen LogP contribution in [0, 0.1) is 12.8 Å². The molecule has 0 spiro atoms. The van der Waals surface area contributed by atoms with Crippen molar-refractivity contribution in [1.29, 1.82) is 0 Å². The van der Waals surface area contributed by atoms with Crippen molar-refractivity contribution in [2.24, 2.45) is 18.0 Å². The van der Waals surface area contributed by atoms with Gasteiger partial charge in [0.15, 0.2) is 11.8 Å². The molecular weight excluding hydrogens is 499 g/mol. The van der Waals surface area contributed by atoms with Gasteiger partial charge in [-0.15, -0.1) is 45.5 Å². The molecule has 2 atom stereocenters. The molecule has 1 N–H and O–H groups in total. The molecule has 0 saturated carbocycles. The third kappa shape index (κ3) is 5.69. The molecule has 7 nitrogen and oxygen atoms in total. The zero-order valence-electron chi connectivity index (χ0n) is 17.2. The van der Waals surface area contributed by atoms with Crippen molar-refractivity contribution in [3.63, 3.8) is 0 Å². The average molecular weight is 530 g/mol. The second kappa shape index (κ2) is 10.7. The van der Waals surface area contributed by atoms with Crippen LogP contribution >= 0.6 is 35.3 Å². The molecule has 4 rings (SSSR count). The predicted molar refractivity (Wildman–Crippen MR) is 127 cm³/mol. The van der Waals surface area contributed by atoms with Crippen LogP contribution in [-0.4, -0.2) is 58.0 Å². The van der Waals surface area contributed by atoms with E-state index in [0.29, 0.717) is 18.6 Å². The first-order valence-electron chi connectivity index (χ1n) is 10.2. The van der Waals surface area contributed by atoms with Crippen LogP contribution in [0.4, 0.5) is 0 Å². The first-order valence-corrected chi connectivity index (χ1v) is 11.1. The van der Waals surface area contributed by atoms with Gasteiger partial charge in [-0.1, -0.05) is 6.07 Å². The van der Waals surface area contributed by atoms with Gasteiger partial charge in [0.05, 0.1) is 6.10 Å². The molecule has 9 heteroatoms. The number of ether oxygens (including phenoxy) is 1. The molecule has 0 bridgehead atoms. The number of likely N-dealkylation sites (tertiary alicyclic amines) is 1. The molecule has 0 radical (unpaired) electrons. The van der Waals surface area contributed by atoms with Gasteiger partial charge < -0.3 is 19.5 Å². The Balaban J connectivity index is 0.00000240. The van der Waals surface area contributed by atoms with Gasteiger partial charge in [-0.05, 0) is 44.1 Å². The third-order valence-corrected chi connectivity index (χ3v) is 6.74. The van der Waals surface area contributed by atoms with E-state index in [-0.39, 0.29) is 24.0 Å². The molecule has 0 aliphatic carbocycles. The molecule has 2 aromatic heterocycles. The molecule has 29 heavy (non-hydrogen) atoms. The molecule has 2 aliphatic heterocycles. The number of nitrogens with one attached hydrogen (secondary N) is 1. The normalized spacial score (nSPS) is 22.1. The quantitative estimate of drug-likeness (QED) is 0.366. The van der Waals surface area contributed by atoms with E-state index in [0.717, 1.165) is 56.7 Å². The summed E-state index contributed by atoms with van der Waals surface area (Å²) in [5.41, 5.74) is 0. The summed E-state index contributed by atoms with van der Waals surface area (Å²) in [7, 11) is 1.99. The van der Waals surface area contributed by atoms with Gasteiger partial charge in [0.2, 0.25) is 0 Å². The molecule has 2 fully saturated rings.